The minimum Gasteiger partial charge on any atom is -0.456 e. The van der Waals surface area contributed by atoms with Gasteiger partial charge in [0, 0.05) is 44.3 Å². The van der Waals surface area contributed by atoms with E-state index < -0.39 is 0 Å². The summed E-state index contributed by atoms with van der Waals surface area (Å²) in [5.41, 5.74) is 12.1. The first-order valence-electron chi connectivity index (χ1n) is 23.1. The van der Waals surface area contributed by atoms with Gasteiger partial charge in [-0.2, -0.15) is 0 Å². The predicted molar refractivity (Wildman–Crippen MR) is 287 cm³/mol. The average Bonchev–Trinajstić information content (AvgIpc) is 3.84. The summed E-state index contributed by atoms with van der Waals surface area (Å²) in [4.78, 5) is 11.4. The number of rotatable bonds is 5. The summed E-state index contributed by atoms with van der Waals surface area (Å²) in [5.74, 6) is 0.610. The minimum absolute atomic E-state index is 0.610. The molecule has 0 amide bonds. The van der Waals surface area contributed by atoms with Crippen LogP contribution in [0.5, 0.6) is 0 Å². The minimum atomic E-state index is 0.610. The van der Waals surface area contributed by atoms with E-state index in [9.17, 15) is 0 Å². The van der Waals surface area contributed by atoms with E-state index in [4.69, 9.17) is 21.0 Å². The van der Waals surface area contributed by atoms with Crippen molar-refractivity contribution in [1.29, 1.82) is 0 Å². The number of fused-ring (bicyclic) bond motifs is 11. The zero-order valence-electron chi connectivity index (χ0n) is 36.8. The summed E-state index contributed by atoms with van der Waals surface area (Å²) < 4.78 is 9.16. The Morgan fingerprint density at radius 3 is 1.66 bits per heavy atom. The highest BCUT2D eigenvalue weighted by atomic mass is 16.3. The molecule has 0 atom stereocenters. The second kappa shape index (κ2) is 15.0. The summed E-state index contributed by atoms with van der Waals surface area (Å²) in [6.45, 7) is 4.87. The lowest BCUT2D eigenvalue weighted by atomic mass is 9.96. The molecule has 1 aliphatic rings. The number of hydrogen-bond acceptors (Lipinski definition) is 3. The van der Waals surface area contributed by atoms with Gasteiger partial charge in [-0.05, 0) is 114 Å². The van der Waals surface area contributed by atoms with Crippen molar-refractivity contribution in [2.24, 2.45) is 9.98 Å². The van der Waals surface area contributed by atoms with E-state index >= 15 is 0 Å². The van der Waals surface area contributed by atoms with Crippen LogP contribution in [0.4, 0.5) is 0 Å². The van der Waals surface area contributed by atoms with E-state index in [1.165, 1.54) is 37.7 Å². The van der Waals surface area contributed by atoms with Gasteiger partial charge in [-0.15, -0.1) is 0 Å². The Balaban J connectivity index is 1.10. The lowest BCUT2D eigenvalue weighted by molar-refractivity contribution is 0.668. The van der Waals surface area contributed by atoms with Crippen molar-refractivity contribution in [3.05, 3.63) is 253 Å². The normalized spacial score (nSPS) is 13.3. The van der Waals surface area contributed by atoms with Crippen LogP contribution in [0.3, 0.4) is 0 Å². The molecule has 0 fully saturated rings. The Morgan fingerprint density at radius 2 is 0.941 bits per heavy atom. The molecule has 316 valence electrons. The predicted octanol–water partition coefficient (Wildman–Crippen LogP) is 16.8. The van der Waals surface area contributed by atoms with E-state index in [-0.39, 0.29) is 0 Å². The molecule has 0 saturated heterocycles. The summed E-state index contributed by atoms with van der Waals surface area (Å²) in [5, 5.41) is 13.6. The molecule has 0 radical (unpaired) electrons. The Kier molecular flexibility index (Phi) is 8.40. The van der Waals surface area contributed by atoms with Crippen LogP contribution in [-0.4, -0.2) is 16.1 Å². The van der Waals surface area contributed by atoms with Gasteiger partial charge in [0.25, 0.3) is 0 Å². The molecule has 11 aromatic carbocycles. The fourth-order valence-electron chi connectivity index (χ4n) is 10.6. The molecule has 0 aliphatic carbocycles. The van der Waals surface area contributed by atoms with Crippen molar-refractivity contribution < 1.29 is 4.42 Å². The van der Waals surface area contributed by atoms with Crippen molar-refractivity contribution in [2.45, 2.75) is 0 Å². The molecule has 0 bridgehead atoms. The van der Waals surface area contributed by atoms with Crippen molar-refractivity contribution >= 4 is 104 Å². The van der Waals surface area contributed by atoms with Crippen LogP contribution >= 0.6 is 0 Å². The third-order valence-corrected chi connectivity index (χ3v) is 13.8. The smallest absolute Gasteiger partial charge is 0.161 e. The van der Waals surface area contributed by atoms with Crippen molar-refractivity contribution in [1.82, 2.24) is 4.57 Å². The standard InChI is InChI=1S/C64H39N3O/c1-39-30-57(47-24-15-23-41(31-47)40-16-3-2-4-17-40)65-64(55-34-46-22-9-10-25-48(46)49-26-11-12-27-50(49)55)66-63(39)56-37-54-51-28-13-14-29-61(51)68-62(54)38-60(56)67-58-35-44-20-7-5-18-42(44)32-52(58)53-33-43-19-6-8-21-45(43)36-59(53)67/h2-38H,1H2. The van der Waals surface area contributed by atoms with Gasteiger partial charge in [-0.25, -0.2) is 9.98 Å². The van der Waals surface area contributed by atoms with E-state index in [0.29, 0.717) is 5.84 Å². The Hall–Kier alpha value is -9.12. The summed E-state index contributed by atoms with van der Waals surface area (Å²) >= 11 is 0. The van der Waals surface area contributed by atoms with Crippen LogP contribution in [0, 0.1) is 0 Å². The number of furan rings is 1. The monoisotopic (exact) mass is 865 g/mol. The maximum Gasteiger partial charge on any atom is 0.161 e. The second-order valence-electron chi connectivity index (χ2n) is 17.8. The molecule has 68 heavy (non-hydrogen) atoms. The third-order valence-electron chi connectivity index (χ3n) is 13.8. The second-order valence-corrected chi connectivity index (χ2v) is 17.8. The topological polar surface area (TPSA) is 42.8 Å². The molecule has 4 heteroatoms. The van der Waals surface area contributed by atoms with E-state index in [1.807, 2.05) is 12.1 Å². The van der Waals surface area contributed by atoms with Crippen LogP contribution in [0.1, 0.15) is 16.7 Å². The van der Waals surface area contributed by atoms with Gasteiger partial charge < -0.3 is 8.98 Å². The number of hydrogen-bond donors (Lipinski definition) is 0. The van der Waals surface area contributed by atoms with Crippen LogP contribution in [-0.2, 0) is 0 Å². The quantitative estimate of drug-likeness (QED) is 0.159. The summed E-state index contributed by atoms with van der Waals surface area (Å²) in [6, 6.07) is 77.9. The van der Waals surface area contributed by atoms with Crippen LogP contribution in [0.15, 0.2) is 251 Å². The van der Waals surface area contributed by atoms with Crippen molar-refractivity contribution in [2.75, 3.05) is 0 Å². The number of aliphatic imine (C=N–C) groups is 2. The largest absolute Gasteiger partial charge is 0.456 e. The molecule has 14 rings (SSSR count). The molecule has 1 aliphatic heterocycles. The van der Waals surface area contributed by atoms with Crippen molar-refractivity contribution in [3.63, 3.8) is 0 Å². The number of aromatic nitrogens is 1. The number of nitrogens with zero attached hydrogens (tertiary/aromatic N) is 3. The number of allylic oxidation sites excluding steroid dienone is 2. The third kappa shape index (κ3) is 6.01. The molecule has 0 saturated carbocycles. The Morgan fingerprint density at radius 1 is 0.368 bits per heavy atom. The molecular weight excluding hydrogens is 827 g/mol. The van der Waals surface area contributed by atoms with Gasteiger partial charge >= 0.3 is 0 Å². The van der Waals surface area contributed by atoms with Gasteiger partial charge in [0.05, 0.1) is 28.1 Å². The number of para-hydroxylation sites is 1. The average molecular weight is 866 g/mol. The zero-order valence-corrected chi connectivity index (χ0v) is 36.8. The van der Waals surface area contributed by atoms with E-state index in [1.54, 1.807) is 0 Å². The number of amidine groups is 1. The van der Waals surface area contributed by atoms with E-state index in [2.05, 4.69) is 217 Å². The molecule has 0 unspecified atom stereocenters. The van der Waals surface area contributed by atoms with Crippen LogP contribution in [0.2, 0.25) is 0 Å². The van der Waals surface area contributed by atoms with Crippen LogP contribution in [0.25, 0.3) is 109 Å². The zero-order chi connectivity index (χ0) is 44.9. The maximum atomic E-state index is 6.74. The van der Waals surface area contributed by atoms with Gasteiger partial charge in [0.15, 0.2) is 5.84 Å². The number of benzene rings is 11. The first-order valence-corrected chi connectivity index (χ1v) is 23.1. The molecule has 2 aromatic heterocycles. The molecule has 0 N–H and O–H groups in total. The molecule has 0 spiro atoms. The lowest BCUT2D eigenvalue weighted by Crippen LogP contribution is -2.11. The lowest BCUT2D eigenvalue weighted by Gasteiger charge is -2.17. The van der Waals surface area contributed by atoms with Gasteiger partial charge in [-0.3, -0.25) is 0 Å². The molecule has 3 heterocycles. The Bertz CT molecular complexity index is 4300. The van der Waals surface area contributed by atoms with Gasteiger partial charge in [-0.1, -0.05) is 170 Å². The fraction of sp³-hybridized carbons (Fsp3) is 0. The SMILES string of the molecule is C=C1C=C(c2cccc(-c3ccccc3)c2)N=C(c2cc3ccccc3c3ccccc23)N=C1c1cc2c(cc1-n1c3cc4ccccc4cc3c3cc4ccccc4cc31)oc1ccccc12. The van der Waals surface area contributed by atoms with Crippen LogP contribution < -0.4 is 0 Å². The highest BCUT2D eigenvalue weighted by Crippen LogP contribution is 2.42. The molecule has 4 nitrogen and oxygen atoms in total. The maximum absolute atomic E-state index is 6.74. The summed E-state index contributed by atoms with van der Waals surface area (Å²) in [6.07, 6.45) is 2.12. The van der Waals surface area contributed by atoms with Crippen molar-refractivity contribution in [3.8, 4) is 16.8 Å². The van der Waals surface area contributed by atoms with Gasteiger partial charge in [0.2, 0.25) is 0 Å². The highest BCUT2D eigenvalue weighted by molar-refractivity contribution is 6.29. The fourth-order valence-corrected chi connectivity index (χ4v) is 10.6. The van der Waals surface area contributed by atoms with Gasteiger partial charge in [0.1, 0.15) is 11.2 Å². The first-order chi connectivity index (χ1) is 33.6. The van der Waals surface area contributed by atoms with E-state index in [0.717, 1.165) is 99.6 Å². The highest BCUT2D eigenvalue weighted by Gasteiger charge is 2.26. The summed E-state index contributed by atoms with van der Waals surface area (Å²) in [7, 11) is 0. The molecule has 13 aromatic rings. The molecular formula is C64H39N3O. The Labute approximate surface area is 391 Å². The first kappa shape index (κ1) is 38.2.